The summed E-state index contributed by atoms with van der Waals surface area (Å²) in [7, 11) is 0. The molecule has 0 fully saturated rings. The SMILES string of the molecule is CC(C)c1nc(N)nc(CC(F)(F)F)n1. The molecule has 1 heterocycles. The van der Waals surface area contributed by atoms with E-state index >= 15 is 0 Å². The van der Waals surface area contributed by atoms with Crippen LogP contribution in [0.15, 0.2) is 0 Å². The summed E-state index contributed by atoms with van der Waals surface area (Å²) in [6.45, 7) is 3.54. The Morgan fingerprint density at radius 2 is 1.80 bits per heavy atom. The van der Waals surface area contributed by atoms with E-state index in [1.807, 2.05) is 0 Å². The molecule has 0 saturated carbocycles. The third-order valence-electron chi connectivity index (χ3n) is 1.59. The van der Waals surface area contributed by atoms with E-state index in [1.165, 1.54) is 0 Å². The molecule has 0 bridgehead atoms. The lowest BCUT2D eigenvalue weighted by Gasteiger charge is -2.08. The summed E-state index contributed by atoms with van der Waals surface area (Å²) < 4.78 is 36.2. The van der Waals surface area contributed by atoms with Gasteiger partial charge in [-0.25, -0.2) is 4.98 Å². The average molecular weight is 220 g/mol. The summed E-state index contributed by atoms with van der Waals surface area (Å²) in [4.78, 5) is 10.9. The second-order valence-electron chi connectivity index (χ2n) is 3.41. The first-order valence-corrected chi connectivity index (χ1v) is 4.35. The second-order valence-corrected chi connectivity index (χ2v) is 3.41. The highest BCUT2D eigenvalue weighted by Gasteiger charge is 2.29. The van der Waals surface area contributed by atoms with Crippen molar-refractivity contribution in [3.63, 3.8) is 0 Å². The van der Waals surface area contributed by atoms with Gasteiger partial charge in [-0.1, -0.05) is 13.8 Å². The van der Waals surface area contributed by atoms with Gasteiger partial charge in [0.15, 0.2) is 0 Å². The molecule has 0 saturated heterocycles. The molecule has 2 N–H and O–H groups in total. The van der Waals surface area contributed by atoms with Crippen molar-refractivity contribution >= 4 is 5.95 Å². The third kappa shape index (κ3) is 3.69. The van der Waals surface area contributed by atoms with Gasteiger partial charge in [0.2, 0.25) is 5.95 Å². The van der Waals surface area contributed by atoms with E-state index in [4.69, 9.17) is 5.73 Å². The normalized spacial score (nSPS) is 12.1. The molecule has 1 aromatic heterocycles. The van der Waals surface area contributed by atoms with Crippen molar-refractivity contribution in [2.75, 3.05) is 5.73 Å². The van der Waals surface area contributed by atoms with Gasteiger partial charge in [-0.05, 0) is 0 Å². The summed E-state index contributed by atoms with van der Waals surface area (Å²) in [6, 6.07) is 0. The first-order valence-electron chi connectivity index (χ1n) is 4.35. The number of anilines is 1. The molecule has 1 rings (SSSR count). The van der Waals surface area contributed by atoms with Crippen LogP contribution in [0.25, 0.3) is 0 Å². The van der Waals surface area contributed by atoms with Crippen LogP contribution in [0.4, 0.5) is 19.1 Å². The zero-order valence-electron chi connectivity index (χ0n) is 8.34. The quantitative estimate of drug-likeness (QED) is 0.823. The van der Waals surface area contributed by atoms with Gasteiger partial charge in [0, 0.05) is 5.92 Å². The van der Waals surface area contributed by atoms with E-state index in [1.54, 1.807) is 13.8 Å². The number of hydrogen-bond donors (Lipinski definition) is 1. The number of halogens is 3. The van der Waals surface area contributed by atoms with E-state index in [2.05, 4.69) is 15.0 Å². The highest BCUT2D eigenvalue weighted by Crippen LogP contribution is 2.20. The van der Waals surface area contributed by atoms with Gasteiger partial charge in [0.25, 0.3) is 0 Å². The van der Waals surface area contributed by atoms with E-state index in [-0.39, 0.29) is 23.5 Å². The molecule has 84 valence electrons. The van der Waals surface area contributed by atoms with Gasteiger partial charge in [-0.15, -0.1) is 0 Å². The van der Waals surface area contributed by atoms with Gasteiger partial charge >= 0.3 is 6.18 Å². The Balaban J connectivity index is 2.99. The van der Waals surface area contributed by atoms with Crippen LogP contribution in [-0.4, -0.2) is 21.1 Å². The van der Waals surface area contributed by atoms with Gasteiger partial charge in [-0.3, -0.25) is 0 Å². The van der Waals surface area contributed by atoms with Crippen LogP contribution >= 0.6 is 0 Å². The molecule has 0 unspecified atom stereocenters. The summed E-state index contributed by atoms with van der Waals surface area (Å²) in [5.41, 5.74) is 5.29. The maximum Gasteiger partial charge on any atom is 0.396 e. The Labute approximate surface area is 84.8 Å². The number of aromatic nitrogens is 3. The van der Waals surface area contributed by atoms with E-state index in [9.17, 15) is 13.2 Å². The molecule has 4 nitrogen and oxygen atoms in total. The van der Waals surface area contributed by atoms with Crippen LogP contribution in [-0.2, 0) is 6.42 Å². The predicted octanol–water partition coefficient (Wildman–Crippen LogP) is 1.68. The minimum atomic E-state index is -4.33. The lowest BCUT2D eigenvalue weighted by atomic mass is 10.2. The molecule has 0 aliphatic heterocycles. The van der Waals surface area contributed by atoms with Crippen molar-refractivity contribution in [3.05, 3.63) is 11.6 Å². The zero-order chi connectivity index (χ0) is 11.6. The first-order chi connectivity index (χ1) is 6.78. The molecule has 15 heavy (non-hydrogen) atoms. The third-order valence-corrected chi connectivity index (χ3v) is 1.59. The maximum absolute atomic E-state index is 12.1. The predicted molar refractivity (Wildman–Crippen MR) is 48.1 cm³/mol. The Kier molecular flexibility index (Phi) is 3.11. The van der Waals surface area contributed by atoms with Crippen molar-refractivity contribution < 1.29 is 13.2 Å². The fourth-order valence-corrected chi connectivity index (χ4v) is 0.973. The summed E-state index contributed by atoms with van der Waals surface area (Å²) in [6.07, 6.45) is -5.51. The van der Waals surface area contributed by atoms with Crippen molar-refractivity contribution in [2.45, 2.75) is 32.4 Å². The van der Waals surface area contributed by atoms with Crippen molar-refractivity contribution in [2.24, 2.45) is 0 Å². The van der Waals surface area contributed by atoms with Crippen LogP contribution in [0.5, 0.6) is 0 Å². The topological polar surface area (TPSA) is 64.7 Å². The maximum atomic E-state index is 12.1. The zero-order valence-corrected chi connectivity index (χ0v) is 8.34. The van der Waals surface area contributed by atoms with E-state index in [0.29, 0.717) is 0 Å². The van der Waals surface area contributed by atoms with Gasteiger partial charge in [-0.2, -0.15) is 23.1 Å². The molecule has 1 aromatic rings. The number of nitrogens with zero attached hydrogens (tertiary/aromatic N) is 3. The van der Waals surface area contributed by atoms with Crippen LogP contribution in [0.1, 0.15) is 31.4 Å². The Morgan fingerprint density at radius 1 is 1.20 bits per heavy atom. The Bertz CT molecular complexity index is 348. The molecular weight excluding hydrogens is 209 g/mol. The highest BCUT2D eigenvalue weighted by molar-refractivity contribution is 5.17. The molecule has 0 radical (unpaired) electrons. The largest absolute Gasteiger partial charge is 0.396 e. The molecule has 0 atom stereocenters. The molecule has 7 heteroatoms. The second kappa shape index (κ2) is 4.00. The standard InChI is InChI=1S/C8H11F3N4/c1-4(2)6-13-5(3-8(9,10)11)14-7(12)15-6/h4H,3H2,1-2H3,(H2,12,13,14,15). The highest BCUT2D eigenvalue weighted by atomic mass is 19.4. The minimum Gasteiger partial charge on any atom is -0.368 e. The van der Waals surface area contributed by atoms with Crippen LogP contribution in [0, 0.1) is 0 Å². The number of rotatable bonds is 2. The van der Waals surface area contributed by atoms with Crippen molar-refractivity contribution in [3.8, 4) is 0 Å². The molecular formula is C8H11F3N4. The summed E-state index contributed by atoms with van der Waals surface area (Å²) in [5, 5.41) is 0. The van der Waals surface area contributed by atoms with Gasteiger partial charge in [0.1, 0.15) is 18.1 Å². The Hall–Kier alpha value is -1.40. The first kappa shape index (κ1) is 11.7. The van der Waals surface area contributed by atoms with Gasteiger partial charge in [0.05, 0.1) is 0 Å². The smallest absolute Gasteiger partial charge is 0.368 e. The van der Waals surface area contributed by atoms with Crippen molar-refractivity contribution in [1.29, 1.82) is 0 Å². The summed E-state index contributed by atoms with van der Waals surface area (Å²) in [5.74, 6) is -0.310. The van der Waals surface area contributed by atoms with Crippen molar-refractivity contribution in [1.82, 2.24) is 15.0 Å². The van der Waals surface area contributed by atoms with Crippen LogP contribution < -0.4 is 5.73 Å². The van der Waals surface area contributed by atoms with Crippen LogP contribution in [0.3, 0.4) is 0 Å². The fraction of sp³-hybridized carbons (Fsp3) is 0.625. The lowest BCUT2D eigenvalue weighted by Crippen LogP contribution is -2.17. The number of hydrogen-bond acceptors (Lipinski definition) is 4. The van der Waals surface area contributed by atoms with E-state index < -0.39 is 12.6 Å². The molecule has 0 aliphatic rings. The lowest BCUT2D eigenvalue weighted by molar-refractivity contribution is -0.128. The number of alkyl halides is 3. The number of nitrogen functional groups attached to an aromatic ring is 1. The number of nitrogens with two attached hydrogens (primary N) is 1. The molecule has 0 amide bonds. The molecule has 0 aromatic carbocycles. The Morgan fingerprint density at radius 3 is 2.27 bits per heavy atom. The minimum absolute atomic E-state index is 0.0812. The average Bonchev–Trinajstić information content (AvgIpc) is 1.99. The van der Waals surface area contributed by atoms with Crippen LogP contribution in [0.2, 0.25) is 0 Å². The molecule has 0 spiro atoms. The summed E-state index contributed by atoms with van der Waals surface area (Å²) >= 11 is 0. The van der Waals surface area contributed by atoms with Gasteiger partial charge < -0.3 is 5.73 Å². The fourth-order valence-electron chi connectivity index (χ4n) is 0.973. The molecule has 0 aliphatic carbocycles. The monoisotopic (exact) mass is 220 g/mol. The van der Waals surface area contributed by atoms with E-state index in [0.717, 1.165) is 0 Å².